The molecule has 0 aromatic heterocycles. The minimum atomic E-state index is -1.00. The van der Waals surface area contributed by atoms with Gasteiger partial charge in [0.15, 0.2) is 6.61 Å². The van der Waals surface area contributed by atoms with Gasteiger partial charge in [0.25, 0.3) is 0 Å². The summed E-state index contributed by atoms with van der Waals surface area (Å²) < 4.78 is 12.7. The Bertz CT molecular complexity index is 1280. The molecule has 0 bridgehead atoms. The molecule has 4 atom stereocenters. The molecule has 1 aliphatic heterocycles. The first-order chi connectivity index (χ1) is 18.6. The minimum Gasteiger partial charge on any atom is -0.482 e. The second-order valence-electron chi connectivity index (χ2n) is 11.5. The van der Waals surface area contributed by atoms with Crippen LogP contribution in [0, 0.1) is 5.92 Å². The highest BCUT2D eigenvalue weighted by Gasteiger charge is 2.39. The van der Waals surface area contributed by atoms with Crippen molar-refractivity contribution < 1.29 is 19.4 Å². The van der Waals surface area contributed by atoms with Crippen LogP contribution in [0.25, 0.3) is 0 Å². The van der Waals surface area contributed by atoms with Crippen LogP contribution in [0.4, 0.5) is 0 Å². The maximum Gasteiger partial charge on any atom is 0.341 e. The second-order valence-corrected chi connectivity index (χ2v) is 11.5. The van der Waals surface area contributed by atoms with E-state index in [4.69, 9.17) is 9.47 Å². The van der Waals surface area contributed by atoms with E-state index in [1.807, 2.05) is 18.2 Å². The quantitative estimate of drug-likeness (QED) is 0.270. The largest absolute Gasteiger partial charge is 0.482 e. The van der Waals surface area contributed by atoms with Gasteiger partial charge in [0.05, 0.1) is 12.2 Å². The molecule has 3 aromatic carbocycles. The Hall–Kier alpha value is -3.37. The van der Waals surface area contributed by atoms with Crippen LogP contribution in [-0.2, 0) is 21.4 Å². The van der Waals surface area contributed by atoms with Gasteiger partial charge in [-0.2, -0.15) is 0 Å². The van der Waals surface area contributed by atoms with E-state index in [0.29, 0.717) is 5.75 Å². The molecule has 206 valence electrons. The molecule has 1 fully saturated rings. The molecule has 1 saturated heterocycles. The molecule has 1 aliphatic rings. The average Bonchev–Trinajstić information content (AvgIpc) is 2.92. The number of carboxylic acid groups (broad SMARTS) is 1. The van der Waals surface area contributed by atoms with Crippen molar-refractivity contribution in [3.8, 4) is 5.75 Å². The lowest BCUT2D eigenvalue weighted by Gasteiger charge is -2.42. The van der Waals surface area contributed by atoms with Gasteiger partial charge in [-0.1, -0.05) is 100 Å². The van der Waals surface area contributed by atoms with Crippen molar-refractivity contribution in [2.45, 2.75) is 77.4 Å². The Labute approximate surface area is 233 Å². The molecular weight excluding hydrogens is 484 g/mol. The topological polar surface area (TPSA) is 55.8 Å². The van der Waals surface area contributed by atoms with Crippen molar-refractivity contribution in [2.75, 3.05) is 6.61 Å². The molecule has 3 aromatic rings. The molecule has 0 saturated carbocycles. The predicted molar refractivity (Wildman–Crippen MR) is 158 cm³/mol. The van der Waals surface area contributed by atoms with E-state index in [0.717, 1.165) is 36.0 Å². The first-order valence-electron chi connectivity index (χ1n) is 14.1. The zero-order chi connectivity index (χ0) is 28.2. The van der Waals surface area contributed by atoms with Gasteiger partial charge in [-0.25, -0.2) is 4.79 Å². The summed E-state index contributed by atoms with van der Waals surface area (Å²) in [6, 6.07) is 25.5. The summed E-state index contributed by atoms with van der Waals surface area (Å²) in [4.78, 5) is 11.4. The second kappa shape index (κ2) is 12.2. The number of carbonyl (C=O) groups is 1. The Morgan fingerprint density at radius 2 is 1.74 bits per heavy atom. The normalized spacial score (nSPS) is 21.4. The number of hydrogen-bond donors (Lipinski definition) is 1. The van der Waals surface area contributed by atoms with E-state index in [1.54, 1.807) is 0 Å². The SMILES string of the molecule is C=C(C)[C@H]1C[C@H](c2ccc(CCC)cc2)[C@H](C)O[C@@H]1c1cc(C(C)(C)c2ccccc2)ccc1OCC(=O)O. The lowest BCUT2D eigenvalue weighted by molar-refractivity contribution is -0.139. The number of aryl methyl sites for hydroxylation is 1. The van der Waals surface area contributed by atoms with Gasteiger partial charge >= 0.3 is 5.97 Å². The van der Waals surface area contributed by atoms with Crippen LogP contribution >= 0.6 is 0 Å². The molecule has 4 rings (SSSR count). The van der Waals surface area contributed by atoms with E-state index >= 15 is 0 Å². The molecule has 4 heteroatoms. The average molecular weight is 527 g/mol. The van der Waals surface area contributed by atoms with E-state index in [1.165, 1.54) is 16.7 Å². The van der Waals surface area contributed by atoms with Crippen molar-refractivity contribution in [3.63, 3.8) is 0 Å². The van der Waals surface area contributed by atoms with Crippen molar-refractivity contribution in [3.05, 3.63) is 113 Å². The fourth-order valence-corrected chi connectivity index (χ4v) is 5.84. The number of benzene rings is 3. The van der Waals surface area contributed by atoms with Gasteiger partial charge in [-0.05, 0) is 61.1 Å². The highest BCUT2D eigenvalue weighted by atomic mass is 16.5. The predicted octanol–water partition coefficient (Wildman–Crippen LogP) is 8.25. The third kappa shape index (κ3) is 6.45. The monoisotopic (exact) mass is 526 g/mol. The zero-order valence-corrected chi connectivity index (χ0v) is 23.9. The molecule has 0 spiro atoms. The minimum absolute atomic E-state index is 0.0271. The number of rotatable bonds is 10. The standard InChI is InChI=1S/C35H42O4/c1-7-11-25-14-16-26(17-15-25)30-21-29(23(2)3)34(39-24(30)4)31-20-28(18-19-32(31)38-22-33(36)37)35(5,6)27-12-9-8-10-13-27/h8-10,12-20,24,29-30,34H,2,7,11,21-22H2,1,3-6H3,(H,36,37)/t24-,29+,30-,34-/m0/s1. The highest BCUT2D eigenvalue weighted by molar-refractivity contribution is 5.68. The molecule has 0 radical (unpaired) electrons. The summed E-state index contributed by atoms with van der Waals surface area (Å²) in [7, 11) is 0. The third-order valence-corrected chi connectivity index (χ3v) is 8.27. The van der Waals surface area contributed by atoms with Gasteiger partial charge in [-0.15, -0.1) is 0 Å². The van der Waals surface area contributed by atoms with Gasteiger partial charge in [0.2, 0.25) is 0 Å². The van der Waals surface area contributed by atoms with E-state index in [-0.39, 0.29) is 29.5 Å². The smallest absolute Gasteiger partial charge is 0.341 e. The number of carboxylic acids is 1. The first kappa shape index (κ1) is 28.6. The highest BCUT2D eigenvalue weighted by Crippen LogP contribution is 2.49. The Balaban J connectivity index is 1.72. The van der Waals surface area contributed by atoms with E-state index in [2.05, 4.69) is 95.8 Å². The summed E-state index contributed by atoms with van der Waals surface area (Å²) in [5.74, 6) is -0.152. The maximum atomic E-state index is 11.4. The van der Waals surface area contributed by atoms with Crippen molar-refractivity contribution in [1.82, 2.24) is 0 Å². The molecule has 1 N–H and O–H groups in total. The molecule has 39 heavy (non-hydrogen) atoms. The van der Waals surface area contributed by atoms with Gasteiger partial charge in [-0.3, -0.25) is 0 Å². The maximum absolute atomic E-state index is 11.4. The van der Waals surface area contributed by atoms with Crippen LogP contribution in [0.5, 0.6) is 5.75 Å². The fourth-order valence-electron chi connectivity index (χ4n) is 5.84. The summed E-state index contributed by atoms with van der Waals surface area (Å²) in [5.41, 5.74) is 6.65. The molecule has 0 aliphatic carbocycles. The van der Waals surface area contributed by atoms with Crippen molar-refractivity contribution in [1.29, 1.82) is 0 Å². The number of aliphatic carboxylic acids is 1. The molecular formula is C35H42O4. The van der Waals surface area contributed by atoms with Crippen LogP contribution < -0.4 is 4.74 Å². The van der Waals surface area contributed by atoms with Gasteiger partial charge < -0.3 is 14.6 Å². The van der Waals surface area contributed by atoms with Gasteiger partial charge in [0.1, 0.15) is 5.75 Å². The first-order valence-corrected chi connectivity index (χ1v) is 14.1. The number of ether oxygens (including phenoxy) is 2. The third-order valence-electron chi connectivity index (χ3n) is 8.27. The Kier molecular flexibility index (Phi) is 8.97. The van der Waals surface area contributed by atoms with Crippen LogP contribution in [0.3, 0.4) is 0 Å². The van der Waals surface area contributed by atoms with Crippen molar-refractivity contribution in [2.24, 2.45) is 5.92 Å². The zero-order valence-electron chi connectivity index (χ0n) is 23.9. The molecule has 1 heterocycles. The van der Waals surface area contributed by atoms with Crippen LogP contribution in [0.2, 0.25) is 0 Å². The summed E-state index contributed by atoms with van der Waals surface area (Å²) in [6.07, 6.45) is 2.80. The fraction of sp³-hybridized carbons (Fsp3) is 0.400. The molecule has 4 nitrogen and oxygen atoms in total. The Morgan fingerprint density at radius 3 is 2.36 bits per heavy atom. The van der Waals surface area contributed by atoms with E-state index in [9.17, 15) is 9.90 Å². The summed E-state index contributed by atoms with van der Waals surface area (Å²) >= 11 is 0. The lowest BCUT2D eigenvalue weighted by atomic mass is 9.74. The molecule has 0 amide bonds. The molecule has 0 unspecified atom stereocenters. The lowest BCUT2D eigenvalue weighted by Crippen LogP contribution is -2.35. The summed E-state index contributed by atoms with van der Waals surface area (Å²) in [6.45, 7) is 14.8. The van der Waals surface area contributed by atoms with Crippen LogP contribution in [0.1, 0.15) is 87.3 Å². The van der Waals surface area contributed by atoms with Gasteiger partial charge in [0, 0.05) is 22.8 Å². The van der Waals surface area contributed by atoms with Crippen LogP contribution in [0.15, 0.2) is 84.9 Å². The van der Waals surface area contributed by atoms with Crippen molar-refractivity contribution >= 4 is 5.97 Å². The van der Waals surface area contributed by atoms with Crippen LogP contribution in [-0.4, -0.2) is 23.8 Å². The Morgan fingerprint density at radius 1 is 1.05 bits per heavy atom. The number of hydrogen-bond acceptors (Lipinski definition) is 3. The summed E-state index contributed by atoms with van der Waals surface area (Å²) in [5, 5.41) is 9.33. The van der Waals surface area contributed by atoms with E-state index < -0.39 is 12.6 Å².